The lowest BCUT2D eigenvalue weighted by Gasteiger charge is -2.22. The normalized spacial score (nSPS) is 16.1. The van der Waals surface area contributed by atoms with Crippen LogP contribution < -0.4 is 10.6 Å². The van der Waals surface area contributed by atoms with Gasteiger partial charge in [-0.1, -0.05) is 36.4 Å². The summed E-state index contributed by atoms with van der Waals surface area (Å²) in [6, 6.07) is 9.51. The molecule has 6 heteroatoms. The van der Waals surface area contributed by atoms with E-state index in [1.165, 1.54) is 18.9 Å². The van der Waals surface area contributed by atoms with Crippen molar-refractivity contribution in [2.75, 3.05) is 26.2 Å². The first-order chi connectivity index (χ1) is 13.3. The van der Waals surface area contributed by atoms with Crippen molar-refractivity contribution in [1.82, 2.24) is 15.5 Å². The van der Waals surface area contributed by atoms with Gasteiger partial charge < -0.3 is 20.3 Å². The van der Waals surface area contributed by atoms with Crippen LogP contribution in [-0.2, 0) is 16.0 Å². The van der Waals surface area contributed by atoms with Crippen molar-refractivity contribution >= 4 is 12.0 Å². The minimum atomic E-state index is -0.571. The Morgan fingerprint density at radius 2 is 1.86 bits per heavy atom. The number of nitrogens with zero attached hydrogens (tertiary/aromatic N) is 1. The van der Waals surface area contributed by atoms with E-state index in [1.54, 1.807) is 6.08 Å². The number of nitrogens with one attached hydrogen (secondary N) is 2. The van der Waals surface area contributed by atoms with E-state index in [0.717, 1.165) is 25.2 Å². The zero-order valence-corrected chi connectivity index (χ0v) is 17.2. The maximum Gasteiger partial charge on any atom is 0.408 e. The van der Waals surface area contributed by atoms with E-state index in [2.05, 4.69) is 15.5 Å². The van der Waals surface area contributed by atoms with Crippen LogP contribution in [0.2, 0.25) is 0 Å². The van der Waals surface area contributed by atoms with Crippen LogP contribution in [-0.4, -0.2) is 54.7 Å². The molecule has 1 aromatic carbocycles. The third-order valence-corrected chi connectivity index (χ3v) is 4.41. The summed E-state index contributed by atoms with van der Waals surface area (Å²) in [6.07, 6.45) is 5.79. The molecule has 154 valence electrons. The van der Waals surface area contributed by atoms with Crippen LogP contribution in [0.3, 0.4) is 0 Å². The predicted molar refractivity (Wildman–Crippen MR) is 111 cm³/mol. The molecule has 2 amide bonds. The summed E-state index contributed by atoms with van der Waals surface area (Å²) in [7, 11) is 0. The molecule has 0 radical (unpaired) electrons. The SMILES string of the molecule is CC(C)(C)OC(=O)N[C@H](/C=C\C(=O)NCCN1CCCC1)Cc1ccccc1. The van der Waals surface area contributed by atoms with Gasteiger partial charge in [-0.15, -0.1) is 0 Å². The Labute approximate surface area is 168 Å². The molecule has 0 aromatic heterocycles. The van der Waals surface area contributed by atoms with Gasteiger partial charge >= 0.3 is 6.09 Å². The Morgan fingerprint density at radius 1 is 1.18 bits per heavy atom. The third-order valence-electron chi connectivity index (χ3n) is 4.41. The van der Waals surface area contributed by atoms with Crippen molar-refractivity contribution in [3.8, 4) is 0 Å². The van der Waals surface area contributed by atoms with Gasteiger partial charge in [-0.3, -0.25) is 4.79 Å². The van der Waals surface area contributed by atoms with Gasteiger partial charge in [0.25, 0.3) is 0 Å². The number of hydrogen-bond acceptors (Lipinski definition) is 4. The number of rotatable bonds is 8. The molecule has 1 saturated heterocycles. The highest BCUT2D eigenvalue weighted by molar-refractivity contribution is 5.87. The summed E-state index contributed by atoms with van der Waals surface area (Å²) in [6.45, 7) is 9.21. The van der Waals surface area contributed by atoms with Crippen molar-refractivity contribution in [1.29, 1.82) is 0 Å². The van der Waals surface area contributed by atoms with Crippen LogP contribution in [0, 0.1) is 0 Å². The molecular weight excluding hydrogens is 354 g/mol. The average Bonchev–Trinajstić information content (AvgIpc) is 3.12. The number of alkyl carbamates (subject to hydrolysis) is 1. The molecule has 2 rings (SSSR count). The molecule has 2 N–H and O–H groups in total. The first kappa shape index (κ1) is 22.0. The van der Waals surface area contributed by atoms with Crippen LogP contribution in [0.15, 0.2) is 42.5 Å². The summed E-state index contributed by atoms with van der Waals surface area (Å²) in [4.78, 5) is 26.6. The Kier molecular flexibility index (Phi) is 8.51. The molecule has 1 heterocycles. The predicted octanol–water partition coefficient (Wildman–Crippen LogP) is 2.89. The number of amides is 2. The number of carbonyl (C=O) groups is 2. The van der Waals surface area contributed by atoms with E-state index in [9.17, 15) is 9.59 Å². The molecule has 0 bridgehead atoms. The van der Waals surface area contributed by atoms with Crippen LogP contribution in [0.25, 0.3) is 0 Å². The number of carbonyl (C=O) groups excluding carboxylic acids is 2. The molecular formula is C22H33N3O3. The number of likely N-dealkylation sites (tertiary alicyclic amines) is 1. The molecule has 6 nitrogen and oxygen atoms in total. The van der Waals surface area contributed by atoms with Gasteiger partial charge in [0, 0.05) is 19.2 Å². The second-order valence-electron chi connectivity index (χ2n) is 8.14. The Hall–Kier alpha value is -2.34. The molecule has 0 unspecified atom stereocenters. The van der Waals surface area contributed by atoms with Crippen molar-refractivity contribution in [3.05, 3.63) is 48.0 Å². The van der Waals surface area contributed by atoms with E-state index in [-0.39, 0.29) is 11.9 Å². The van der Waals surface area contributed by atoms with Gasteiger partial charge in [0.1, 0.15) is 5.60 Å². The molecule has 0 saturated carbocycles. The van der Waals surface area contributed by atoms with Crippen molar-refractivity contribution in [2.45, 2.75) is 51.7 Å². The summed E-state index contributed by atoms with van der Waals surface area (Å²) in [5, 5.41) is 5.75. The highest BCUT2D eigenvalue weighted by Gasteiger charge is 2.19. The van der Waals surface area contributed by atoms with Gasteiger partial charge in [-0.05, 0) is 58.7 Å². The third kappa shape index (κ3) is 9.04. The molecule has 1 aromatic rings. The van der Waals surface area contributed by atoms with Gasteiger partial charge in [-0.2, -0.15) is 0 Å². The summed E-state index contributed by atoms with van der Waals surface area (Å²) in [5.41, 5.74) is 0.501. The smallest absolute Gasteiger partial charge is 0.408 e. The molecule has 1 fully saturated rings. The van der Waals surface area contributed by atoms with Gasteiger partial charge in [-0.25, -0.2) is 4.79 Å². The Balaban J connectivity index is 1.88. The molecule has 0 aliphatic carbocycles. The van der Waals surface area contributed by atoms with E-state index < -0.39 is 11.7 Å². The van der Waals surface area contributed by atoms with E-state index >= 15 is 0 Å². The van der Waals surface area contributed by atoms with E-state index in [1.807, 2.05) is 51.1 Å². The molecule has 1 aliphatic rings. The minimum absolute atomic E-state index is 0.150. The molecule has 28 heavy (non-hydrogen) atoms. The average molecular weight is 388 g/mol. The summed E-state index contributed by atoms with van der Waals surface area (Å²) >= 11 is 0. The van der Waals surface area contributed by atoms with Crippen molar-refractivity contribution in [3.63, 3.8) is 0 Å². The fourth-order valence-electron chi connectivity index (χ4n) is 3.10. The topological polar surface area (TPSA) is 70.7 Å². The second kappa shape index (κ2) is 10.9. The monoisotopic (exact) mass is 387 g/mol. The molecule has 0 spiro atoms. The number of benzene rings is 1. The maximum atomic E-state index is 12.1. The quantitative estimate of drug-likeness (QED) is 0.673. The highest BCUT2D eigenvalue weighted by Crippen LogP contribution is 2.09. The molecule has 1 aliphatic heterocycles. The summed E-state index contributed by atoms with van der Waals surface area (Å²) < 4.78 is 5.34. The van der Waals surface area contributed by atoms with Crippen molar-refractivity contribution in [2.24, 2.45) is 0 Å². The minimum Gasteiger partial charge on any atom is -0.444 e. The van der Waals surface area contributed by atoms with Gasteiger partial charge in [0.05, 0.1) is 6.04 Å². The van der Waals surface area contributed by atoms with Gasteiger partial charge in [0.15, 0.2) is 0 Å². The number of hydrogen-bond donors (Lipinski definition) is 2. The van der Waals surface area contributed by atoms with E-state index in [4.69, 9.17) is 4.74 Å². The highest BCUT2D eigenvalue weighted by atomic mass is 16.6. The Bertz CT molecular complexity index is 647. The first-order valence-electron chi connectivity index (χ1n) is 10.0. The Morgan fingerprint density at radius 3 is 2.50 bits per heavy atom. The largest absolute Gasteiger partial charge is 0.444 e. The van der Waals surface area contributed by atoms with Crippen LogP contribution in [0.4, 0.5) is 4.79 Å². The van der Waals surface area contributed by atoms with Crippen LogP contribution in [0.1, 0.15) is 39.2 Å². The lowest BCUT2D eigenvalue weighted by atomic mass is 10.1. The summed E-state index contributed by atoms with van der Waals surface area (Å²) in [5.74, 6) is -0.150. The lowest BCUT2D eigenvalue weighted by Crippen LogP contribution is -2.39. The lowest BCUT2D eigenvalue weighted by molar-refractivity contribution is -0.116. The van der Waals surface area contributed by atoms with Crippen LogP contribution >= 0.6 is 0 Å². The zero-order chi connectivity index (χ0) is 20.4. The maximum absolute atomic E-state index is 12.1. The van der Waals surface area contributed by atoms with E-state index in [0.29, 0.717) is 13.0 Å². The fraction of sp³-hybridized carbons (Fsp3) is 0.545. The zero-order valence-electron chi connectivity index (χ0n) is 17.2. The fourth-order valence-corrected chi connectivity index (χ4v) is 3.10. The second-order valence-corrected chi connectivity index (χ2v) is 8.14. The van der Waals surface area contributed by atoms with Crippen LogP contribution in [0.5, 0.6) is 0 Å². The van der Waals surface area contributed by atoms with Gasteiger partial charge in [0.2, 0.25) is 5.91 Å². The first-order valence-corrected chi connectivity index (χ1v) is 10.0. The number of ether oxygens (including phenoxy) is 1. The van der Waals surface area contributed by atoms with Crippen molar-refractivity contribution < 1.29 is 14.3 Å². The molecule has 1 atom stereocenters. The standard InChI is InChI=1S/C22H33N3O3/c1-22(2,3)28-21(27)24-19(17-18-9-5-4-6-10-18)11-12-20(26)23-13-16-25-14-7-8-15-25/h4-6,9-12,19H,7-8,13-17H2,1-3H3,(H,23,26)(H,24,27)/b12-11-/t19-/m1/s1.